The van der Waals surface area contributed by atoms with Gasteiger partial charge in [-0.05, 0) is 27.2 Å². The fraction of sp³-hybridized carbons (Fsp3) is 0.571. The van der Waals surface area contributed by atoms with Crippen LogP contribution < -0.4 is 0 Å². The van der Waals surface area contributed by atoms with Gasteiger partial charge in [0.25, 0.3) is 0 Å². The van der Waals surface area contributed by atoms with Crippen LogP contribution in [0, 0.1) is 12.8 Å². The zero-order chi connectivity index (χ0) is 15.8. The summed E-state index contributed by atoms with van der Waals surface area (Å²) in [5.41, 5.74) is 0.968. The Morgan fingerprint density at radius 1 is 1.24 bits per heavy atom. The van der Waals surface area contributed by atoms with E-state index in [1.165, 1.54) is 17.6 Å². The highest BCUT2D eigenvalue weighted by molar-refractivity contribution is 7.15. The molecular weight excluding hydrogens is 292 g/mol. The van der Waals surface area contributed by atoms with Crippen molar-refractivity contribution >= 4 is 34.6 Å². The molecule has 0 bridgehead atoms. The second-order valence-electron chi connectivity index (χ2n) is 4.11. The molecule has 0 saturated heterocycles. The zero-order valence-electron chi connectivity index (χ0n) is 12.7. The third-order valence-corrected chi connectivity index (χ3v) is 3.55. The number of nitrogens with zero attached hydrogens (tertiary/aromatic N) is 2. The van der Waals surface area contributed by atoms with Gasteiger partial charge in [-0.3, -0.25) is 9.59 Å². The number of aryl methyl sites for hydroxylation is 2. The molecular formula is C14H20N2O4S. The summed E-state index contributed by atoms with van der Waals surface area (Å²) in [6.07, 6.45) is 2.06. The van der Waals surface area contributed by atoms with Crippen molar-refractivity contribution in [2.45, 2.75) is 34.1 Å². The summed E-state index contributed by atoms with van der Waals surface area (Å²) < 4.78 is 9.72. The summed E-state index contributed by atoms with van der Waals surface area (Å²) in [4.78, 5) is 33.1. The monoisotopic (exact) mass is 312 g/mol. The van der Waals surface area contributed by atoms with Gasteiger partial charge in [-0.15, -0.1) is 0 Å². The van der Waals surface area contributed by atoms with Crippen molar-refractivity contribution in [2.75, 3.05) is 13.2 Å². The van der Waals surface area contributed by atoms with Crippen LogP contribution in [0.1, 0.15) is 31.3 Å². The quantitative estimate of drug-likeness (QED) is 0.439. The second kappa shape index (κ2) is 8.51. The summed E-state index contributed by atoms with van der Waals surface area (Å²) in [5, 5.41) is 0.517. The molecule has 0 saturated carbocycles. The lowest BCUT2D eigenvalue weighted by molar-refractivity contribution is -0.157. The molecule has 7 heteroatoms. The fourth-order valence-electron chi connectivity index (χ4n) is 1.62. The Bertz CT molecular complexity index is 507. The molecule has 1 aromatic rings. The Labute approximate surface area is 128 Å². The lowest BCUT2D eigenvalue weighted by Crippen LogP contribution is -2.29. The topological polar surface area (TPSA) is 77.9 Å². The molecule has 0 aromatic carbocycles. The second-order valence-corrected chi connectivity index (χ2v) is 5.29. The van der Waals surface area contributed by atoms with Crippen molar-refractivity contribution in [3.8, 4) is 0 Å². The molecule has 1 rings (SSSR count). The minimum Gasteiger partial charge on any atom is -0.465 e. The maximum absolute atomic E-state index is 11.8. The number of rotatable bonds is 7. The molecule has 1 aromatic heterocycles. The summed E-state index contributed by atoms with van der Waals surface area (Å²) in [5.74, 6) is -2.48. The van der Waals surface area contributed by atoms with Gasteiger partial charge < -0.3 is 9.47 Å². The third kappa shape index (κ3) is 4.93. The van der Waals surface area contributed by atoms with Gasteiger partial charge in [0, 0.05) is 11.1 Å². The Hall–Kier alpha value is -1.76. The van der Waals surface area contributed by atoms with Crippen molar-refractivity contribution in [3.05, 3.63) is 10.6 Å². The van der Waals surface area contributed by atoms with Crippen LogP contribution in [-0.4, -0.2) is 36.4 Å². The lowest BCUT2D eigenvalue weighted by Gasteiger charge is -2.09. The van der Waals surface area contributed by atoms with Gasteiger partial charge in [0.2, 0.25) is 5.13 Å². The Morgan fingerprint density at radius 3 is 2.24 bits per heavy atom. The highest BCUT2D eigenvalue weighted by Crippen LogP contribution is 2.24. The molecule has 116 valence electrons. The maximum atomic E-state index is 11.8. The molecule has 0 aliphatic carbocycles. The number of hydrogen-bond donors (Lipinski definition) is 0. The van der Waals surface area contributed by atoms with E-state index in [4.69, 9.17) is 9.47 Å². The first-order chi connectivity index (χ1) is 10.0. The lowest BCUT2D eigenvalue weighted by atomic mass is 10.2. The van der Waals surface area contributed by atoms with E-state index in [9.17, 15) is 9.59 Å². The van der Waals surface area contributed by atoms with Crippen LogP contribution in [0.5, 0.6) is 0 Å². The third-order valence-electron chi connectivity index (χ3n) is 2.63. The van der Waals surface area contributed by atoms with Crippen LogP contribution in [0.4, 0.5) is 5.13 Å². The highest BCUT2D eigenvalue weighted by atomic mass is 32.1. The van der Waals surface area contributed by atoms with Gasteiger partial charge in [0.1, 0.15) is 0 Å². The average Bonchev–Trinajstić information content (AvgIpc) is 2.80. The Morgan fingerprint density at radius 2 is 1.81 bits per heavy atom. The molecule has 0 unspecified atom stereocenters. The maximum Gasteiger partial charge on any atom is 0.325 e. The average molecular weight is 312 g/mol. The van der Waals surface area contributed by atoms with Gasteiger partial charge in [-0.25, -0.2) is 9.98 Å². The molecule has 1 heterocycles. The van der Waals surface area contributed by atoms with Gasteiger partial charge in [0.05, 0.1) is 18.9 Å². The SMILES string of the molecule is CCOC(=O)C(C=Nc1nc(CC)c(C)s1)C(=O)OCC. The number of thiazole rings is 1. The van der Waals surface area contributed by atoms with E-state index >= 15 is 0 Å². The summed E-state index contributed by atoms with van der Waals surface area (Å²) in [6.45, 7) is 7.71. The first-order valence-electron chi connectivity index (χ1n) is 6.87. The predicted octanol–water partition coefficient (Wildman–Crippen LogP) is 2.46. The summed E-state index contributed by atoms with van der Waals surface area (Å²) >= 11 is 1.42. The highest BCUT2D eigenvalue weighted by Gasteiger charge is 2.27. The number of carbonyl (C=O) groups excluding carboxylic acids is 2. The zero-order valence-corrected chi connectivity index (χ0v) is 13.5. The summed E-state index contributed by atoms with van der Waals surface area (Å²) in [7, 11) is 0. The van der Waals surface area contributed by atoms with Gasteiger partial charge >= 0.3 is 11.9 Å². The fourth-order valence-corrected chi connectivity index (χ4v) is 2.47. The van der Waals surface area contributed by atoms with Crippen molar-refractivity contribution < 1.29 is 19.1 Å². The largest absolute Gasteiger partial charge is 0.465 e. The van der Waals surface area contributed by atoms with E-state index in [1.54, 1.807) is 13.8 Å². The standard InChI is InChI=1S/C14H20N2O4S/c1-5-11-9(4)21-14(16-11)15-8-10(12(17)19-6-2)13(18)20-7-3/h8,10H,5-7H2,1-4H3. The van der Waals surface area contributed by atoms with E-state index < -0.39 is 17.9 Å². The van der Waals surface area contributed by atoms with Crippen molar-refractivity contribution in [2.24, 2.45) is 10.9 Å². The molecule has 0 fully saturated rings. The van der Waals surface area contributed by atoms with Crippen LogP contribution in [0.3, 0.4) is 0 Å². The van der Waals surface area contributed by atoms with E-state index in [2.05, 4.69) is 9.98 Å². The number of carbonyl (C=O) groups is 2. The van der Waals surface area contributed by atoms with Crippen molar-refractivity contribution in [1.29, 1.82) is 0 Å². The first kappa shape index (κ1) is 17.3. The Kier molecular flexibility index (Phi) is 7.01. The number of hydrogen-bond acceptors (Lipinski definition) is 7. The van der Waals surface area contributed by atoms with Crippen LogP contribution in [-0.2, 0) is 25.5 Å². The molecule has 0 atom stereocenters. The van der Waals surface area contributed by atoms with E-state index in [0.717, 1.165) is 17.0 Å². The van der Waals surface area contributed by atoms with E-state index in [1.807, 2.05) is 13.8 Å². The van der Waals surface area contributed by atoms with E-state index in [-0.39, 0.29) is 13.2 Å². The van der Waals surface area contributed by atoms with Crippen LogP contribution in [0.25, 0.3) is 0 Å². The molecule has 6 nitrogen and oxygen atoms in total. The normalized spacial score (nSPS) is 11.1. The Balaban J connectivity index is 2.90. The van der Waals surface area contributed by atoms with Crippen LogP contribution in [0.15, 0.2) is 4.99 Å². The minimum absolute atomic E-state index is 0.193. The van der Waals surface area contributed by atoms with Crippen molar-refractivity contribution in [1.82, 2.24) is 4.98 Å². The number of aliphatic imine (C=N–C) groups is 1. The van der Waals surface area contributed by atoms with Gasteiger partial charge in [-0.2, -0.15) is 0 Å². The van der Waals surface area contributed by atoms with Crippen LogP contribution >= 0.6 is 11.3 Å². The van der Waals surface area contributed by atoms with Gasteiger partial charge in [0.15, 0.2) is 5.92 Å². The minimum atomic E-state index is -1.15. The molecule has 0 aliphatic heterocycles. The van der Waals surface area contributed by atoms with Gasteiger partial charge in [-0.1, -0.05) is 18.3 Å². The molecule has 0 spiro atoms. The van der Waals surface area contributed by atoms with Crippen LogP contribution in [0.2, 0.25) is 0 Å². The molecule has 21 heavy (non-hydrogen) atoms. The predicted molar refractivity (Wildman–Crippen MR) is 81.1 cm³/mol. The molecule has 0 radical (unpaired) electrons. The first-order valence-corrected chi connectivity index (χ1v) is 7.68. The van der Waals surface area contributed by atoms with Crippen molar-refractivity contribution in [3.63, 3.8) is 0 Å². The number of aromatic nitrogens is 1. The van der Waals surface area contributed by atoms with E-state index in [0.29, 0.717) is 5.13 Å². The molecule has 0 amide bonds. The smallest absolute Gasteiger partial charge is 0.325 e. The molecule has 0 aliphatic rings. The molecule has 0 N–H and O–H groups in total. The number of esters is 2. The summed E-state index contributed by atoms with van der Waals surface area (Å²) in [6, 6.07) is 0. The number of ether oxygens (including phenoxy) is 2.